The third-order valence-electron chi connectivity index (χ3n) is 3.74. The van der Waals surface area contributed by atoms with Crippen LogP contribution in [-0.4, -0.2) is 53.7 Å². The Morgan fingerprint density at radius 1 is 1.45 bits per heavy atom. The number of carboxylic acid groups (broad SMARTS) is 1. The minimum atomic E-state index is -1.07. The van der Waals surface area contributed by atoms with Crippen molar-refractivity contribution in [1.82, 2.24) is 10.2 Å². The number of hydrogen-bond donors (Lipinski definition) is 2. The second-order valence-corrected chi connectivity index (χ2v) is 5.03. The van der Waals surface area contributed by atoms with Gasteiger partial charge in [0, 0.05) is 6.54 Å². The highest BCUT2D eigenvalue weighted by Gasteiger charge is 2.37. The summed E-state index contributed by atoms with van der Waals surface area (Å²) in [5, 5.41) is 11.7. The van der Waals surface area contributed by atoms with E-state index < -0.39 is 30.1 Å². The van der Waals surface area contributed by atoms with Crippen molar-refractivity contribution in [3.8, 4) is 0 Å². The Hall–Kier alpha value is -1.79. The molecule has 0 aromatic rings. The first kappa shape index (κ1) is 16.3. The topological polar surface area (TPSA) is 95.9 Å². The average Bonchev–Trinajstić information content (AvgIpc) is 2.91. The predicted octanol–water partition coefficient (Wildman–Crippen LogP) is 0.833. The number of esters is 1. The molecule has 0 aromatic carbocycles. The minimum absolute atomic E-state index is 0.185. The van der Waals surface area contributed by atoms with Crippen molar-refractivity contribution < 1.29 is 24.2 Å². The fourth-order valence-corrected chi connectivity index (χ4v) is 2.29. The molecule has 2 amide bonds. The van der Waals surface area contributed by atoms with Crippen LogP contribution < -0.4 is 5.32 Å². The van der Waals surface area contributed by atoms with Crippen molar-refractivity contribution in [2.24, 2.45) is 5.92 Å². The maximum Gasteiger partial charge on any atom is 0.328 e. The third-order valence-corrected chi connectivity index (χ3v) is 3.74. The van der Waals surface area contributed by atoms with E-state index in [0.717, 1.165) is 0 Å². The number of carbonyl (C=O) groups excluding carboxylic acids is 2. The Morgan fingerprint density at radius 2 is 2.10 bits per heavy atom. The van der Waals surface area contributed by atoms with Gasteiger partial charge in [-0.15, -0.1) is 0 Å². The fourth-order valence-electron chi connectivity index (χ4n) is 2.29. The second kappa shape index (κ2) is 7.12. The van der Waals surface area contributed by atoms with Crippen molar-refractivity contribution in [3.63, 3.8) is 0 Å². The van der Waals surface area contributed by atoms with E-state index in [0.29, 0.717) is 25.8 Å². The molecule has 2 N–H and O–H groups in total. The van der Waals surface area contributed by atoms with Gasteiger partial charge < -0.3 is 20.1 Å². The van der Waals surface area contributed by atoms with Gasteiger partial charge in [0.2, 0.25) is 0 Å². The van der Waals surface area contributed by atoms with E-state index in [9.17, 15) is 14.4 Å². The van der Waals surface area contributed by atoms with E-state index in [4.69, 9.17) is 5.11 Å². The summed E-state index contributed by atoms with van der Waals surface area (Å²) in [7, 11) is 1.27. The lowest BCUT2D eigenvalue weighted by Crippen LogP contribution is -2.53. The number of nitrogens with one attached hydrogen (secondary N) is 1. The fraction of sp³-hybridized carbons (Fsp3) is 0.769. The lowest BCUT2D eigenvalue weighted by Gasteiger charge is -2.27. The van der Waals surface area contributed by atoms with E-state index in [-0.39, 0.29) is 5.92 Å². The number of carboxylic acids is 1. The molecular weight excluding hydrogens is 264 g/mol. The van der Waals surface area contributed by atoms with Crippen LogP contribution in [-0.2, 0) is 14.3 Å². The summed E-state index contributed by atoms with van der Waals surface area (Å²) in [4.78, 5) is 36.3. The van der Waals surface area contributed by atoms with Gasteiger partial charge in [0.15, 0.2) is 0 Å². The highest BCUT2D eigenvalue weighted by atomic mass is 16.5. The zero-order chi connectivity index (χ0) is 15.3. The van der Waals surface area contributed by atoms with Crippen LogP contribution >= 0.6 is 0 Å². The first-order chi connectivity index (χ1) is 9.42. The van der Waals surface area contributed by atoms with Gasteiger partial charge in [-0.3, -0.25) is 0 Å². The van der Waals surface area contributed by atoms with Crippen LogP contribution in [0.1, 0.15) is 33.1 Å². The van der Waals surface area contributed by atoms with Gasteiger partial charge in [-0.1, -0.05) is 20.3 Å². The molecule has 7 nitrogen and oxygen atoms in total. The highest BCUT2D eigenvalue weighted by molar-refractivity contribution is 5.87. The molecular formula is C13H22N2O5. The van der Waals surface area contributed by atoms with Crippen LogP contribution in [0.3, 0.4) is 0 Å². The summed E-state index contributed by atoms with van der Waals surface area (Å²) in [6.07, 6.45) is 1.88. The molecule has 1 rings (SSSR count). The molecule has 1 fully saturated rings. The Bertz CT molecular complexity index is 385. The number of urea groups is 1. The van der Waals surface area contributed by atoms with Gasteiger partial charge in [-0.25, -0.2) is 14.4 Å². The van der Waals surface area contributed by atoms with E-state index in [1.165, 1.54) is 12.0 Å². The maximum absolute atomic E-state index is 12.2. The number of likely N-dealkylation sites (tertiary alicyclic amines) is 1. The Kier molecular flexibility index (Phi) is 5.79. The van der Waals surface area contributed by atoms with E-state index in [1.807, 2.05) is 6.92 Å². The first-order valence-electron chi connectivity index (χ1n) is 6.80. The summed E-state index contributed by atoms with van der Waals surface area (Å²) >= 11 is 0. The average molecular weight is 286 g/mol. The zero-order valence-corrected chi connectivity index (χ0v) is 12.1. The van der Waals surface area contributed by atoms with Gasteiger partial charge in [-0.2, -0.15) is 0 Å². The molecule has 20 heavy (non-hydrogen) atoms. The molecule has 0 saturated carbocycles. The normalized spacial score (nSPS) is 21.1. The molecule has 0 spiro atoms. The molecule has 7 heteroatoms. The van der Waals surface area contributed by atoms with Crippen LogP contribution in [0.5, 0.6) is 0 Å². The van der Waals surface area contributed by atoms with E-state index in [2.05, 4.69) is 10.1 Å². The molecule has 1 saturated heterocycles. The van der Waals surface area contributed by atoms with Crippen molar-refractivity contribution in [2.75, 3.05) is 13.7 Å². The van der Waals surface area contributed by atoms with Crippen LogP contribution in [0.15, 0.2) is 0 Å². The number of carbonyl (C=O) groups is 3. The Balaban J connectivity index is 2.73. The summed E-state index contributed by atoms with van der Waals surface area (Å²) < 4.78 is 4.66. The number of nitrogens with zero attached hydrogens (tertiary/aromatic N) is 1. The molecule has 0 radical (unpaired) electrons. The second-order valence-electron chi connectivity index (χ2n) is 5.03. The number of rotatable bonds is 5. The molecule has 1 aliphatic heterocycles. The number of amides is 2. The van der Waals surface area contributed by atoms with Gasteiger partial charge in [0.1, 0.15) is 12.1 Å². The van der Waals surface area contributed by atoms with E-state index in [1.54, 1.807) is 6.92 Å². The van der Waals surface area contributed by atoms with Crippen molar-refractivity contribution in [3.05, 3.63) is 0 Å². The van der Waals surface area contributed by atoms with Crippen molar-refractivity contribution in [2.45, 2.75) is 45.2 Å². The molecule has 114 valence electrons. The SMILES string of the molecule is CCC(C)[C@H](NC(=O)N1CCCC1C(=O)OC)C(=O)O. The Labute approximate surface area is 118 Å². The van der Waals surface area contributed by atoms with Gasteiger partial charge in [-0.05, 0) is 18.8 Å². The summed E-state index contributed by atoms with van der Waals surface area (Å²) in [5.41, 5.74) is 0. The lowest BCUT2D eigenvalue weighted by molar-refractivity contribution is -0.144. The number of ether oxygens (including phenoxy) is 1. The summed E-state index contributed by atoms with van der Waals surface area (Å²) in [5.74, 6) is -1.72. The maximum atomic E-state index is 12.2. The number of aliphatic carboxylic acids is 1. The predicted molar refractivity (Wildman–Crippen MR) is 71.2 cm³/mol. The van der Waals surface area contributed by atoms with Crippen LogP contribution in [0.25, 0.3) is 0 Å². The van der Waals surface area contributed by atoms with Crippen molar-refractivity contribution >= 4 is 18.0 Å². The Morgan fingerprint density at radius 3 is 2.60 bits per heavy atom. The first-order valence-corrected chi connectivity index (χ1v) is 6.80. The molecule has 3 atom stereocenters. The van der Waals surface area contributed by atoms with Crippen LogP contribution in [0.2, 0.25) is 0 Å². The molecule has 0 aliphatic carbocycles. The van der Waals surface area contributed by atoms with Crippen molar-refractivity contribution in [1.29, 1.82) is 0 Å². The minimum Gasteiger partial charge on any atom is -0.480 e. The van der Waals surface area contributed by atoms with Crippen LogP contribution in [0.4, 0.5) is 4.79 Å². The van der Waals surface area contributed by atoms with Gasteiger partial charge in [0.25, 0.3) is 0 Å². The zero-order valence-electron chi connectivity index (χ0n) is 12.1. The number of methoxy groups -OCH3 is 1. The van der Waals surface area contributed by atoms with Gasteiger partial charge >= 0.3 is 18.0 Å². The molecule has 0 aromatic heterocycles. The van der Waals surface area contributed by atoms with E-state index >= 15 is 0 Å². The smallest absolute Gasteiger partial charge is 0.328 e. The number of hydrogen-bond acceptors (Lipinski definition) is 4. The van der Waals surface area contributed by atoms with Crippen LogP contribution in [0, 0.1) is 5.92 Å². The molecule has 2 unspecified atom stereocenters. The third kappa shape index (κ3) is 3.61. The van der Waals surface area contributed by atoms with Gasteiger partial charge in [0.05, 0.1) is 7.11 Å². The summed E-state index contributed by atoms with van der Waals surface area (Å²) in [6.45, 7) is 4.05. The monoisotopic (exact) mass is 286 g/mol. The molecule has 0 bridgehead atoms. The highest BCUT2D eigenvalue weighted by Crippen LogP contribution is 2.19. The quantitative estimate of drug-likeness (QED) is 0.730. The largest absolute Gasteiger partial charge is 0.480 e. The molecule has 1 heterocycles. The standard InChI is InChI=1S/C13H22N2O5/c1-4-8(2)10(11(16)17)14-13(19)15-7-5-6-9(15)12(18)20-3/h8-10H,4-7H2,1-3H3,(H,14,19)(H,16,17)/t8?,9?,10-/m0/s1. The lowest BCUT2D eigenvalue weighted by atomic mass is 9.99. The molecule has 1 aliphatic rings. The summed E-state index contributed by atoms with van der Waals surface area (Å²) in [6, 6.07) is -2.09.